The molecular weight excluding hydrogens is 366 g/mol. The molecule has 1 saturated carbocycles. The first-order chi connectivity index (χ1) is 12.6. The van der Waals surface area contributed by atoms with Crippen LogP contribution in [0, 0.1) is 11.3 Å². The maximum absolute atomic E-state index is 13.3. The van der Waals surface area contributed by atoms with Gasteiger partial charge in [0.15, 0.2) is 0 Å². The Bertz CT molecular complexity index is 485. The molecule has 27 heavy (non-hydrogen) atoms. The highest BCUT2D eigenvalue weighted by Crippen LogP contribution is 2.32. The van der Waals surface area contributed by atoms with Crippen molar-refractivity contribution in [1.29, 1.82) is 0 Å². The number of carbonyl (C=O) groups excluding carboxylic acids is 2. The average molecular weight is 402 g/mol. The Morgan fingerprint density at radius 1 is 1.00 bits per heavy atom. The summed E-state index contributed by atoms with van der Waals surface area (Å²) in [5, 5.41) is 3.35. The predicted octanol–water partition coefficient (Wildman–Crippen LogP) is 2.07. The van der Waals surface area contributed by atoms with Crippen molar-refractivity contribution in [2.45, 2.75) is 51.4 Å². The Morgan fingerprint density at radius 2 is 1.63 bits per heavy atom. The Morgan fingerprint density at radius 3 is 2.30 bits per heavy atom. The largest absolute Gasteiger partial charge is 0.384 e. The first-order valence-corrected chi connectivity index (χ1v) is 10.4. The number of hydrogen-bond donors (Lipinski definition) is 1. The van der Waals surface area contributed by atoms with E-state index in [9.17, 15) is 9.59 Å². The Balaban J connectivity index is 0.00000261. The first kappa shape index (κ1) is 22.4. The van der Waals surface area contributed by atoms with Gasteiger partial charge in [-0.3, -0.25) is 9.59 Å². The van der Waals surface area contributed by atoms with Gasteiger partial charge in [0.05, 0.1) is 12.0 Å². The molecule has 2 amide bonds. The van der Waals surface area contributed by atoms with Gasteiger partial charge in [-0.15, -0.1) is 12.4 Å². The number of nitrogens with one attached hydrogen (secondary N) is 1. The molecule has 0 unspecified atom stereocenters. The topological polar surface area (TPSA) is 61.9 Å². The van der Waals surface area contributed by atoms with E-state index in [1.807, 2.05) is 9.80 Å². The molecule has 0 aromatic heterocycles. The minimum absolute atomic E-state index is 0. The van der Waals surface area contributed by atoms with Gasteiger partial charge < -0.3 is 19.9 Å². The normalized spacial score (nSPS) is 23.6. The lowest BCUT2D eigenvalue weighted by Crippen LogP contribution is -2.52. The fourth-order valence-corrected chi connectivity index (χ4v) is 4.90. The van der Waals surface area contributed by atoms with Crippen LogP contribution in [0.15, 0.2) is 0 Å². The second-order valence-corrected chi connectivity index (χ2v) is 8.34. The number of amides is 2. The van der Waals surface area contributed by atoms with Crippen LogP contribution in [0.1, 0.15) is 51.4 Å². The fourth-order valence-electron chi connectivity index (χ4n) is 4.90. The van der Waals surface area contributed by atoms with Crippen molar-refractivity contribution in [3.63, 3.8) is 0 Å². The Kier molecular flexibility index (Phi) is 8.83. The molecule has 6 nitrogen and oxygen atoms in total. The van der Waals surface area contributed by atoms with Crippen LogP contribution < -0.4 is 5.32 Å². The van der Waals surface area contributed by atoms with Crippen LogP contribution in [0.4, 0.5) is 0 Å². The predicted molar refractivity (Wildman–Crippen MR) is 108 cm³/mol. The number of ether oxygens (including phenoxy) is 1. The quantitative estimate of drug-likeness (QED) is 0.766. The third-order valence-electron chi connectivity index (χ3n) is 6.51. The molecule has 0 atom stereocenters. The van der Waals surface area contributed by atoms with Crippen molar-refractivity contribution in [3.05, 3.63) is 0 Å². The fraction of sp³-hybridized carbons (Fsp3) is 0.900. The van der Waals surface area contributed by atoms with Crippen molar-refractivity contribution in [1.82, 2.24) is 15.1 Å². The Hall–Kier alpha value is -0.850. The SMILES string of the molecule is COCC1(C(=O)N2CCCN(C(=O)CC3CCCC3)CC2)CCNCC1.Cl. The summed E-state index contributed by atoms with van der Waals surface area (Å²) in [4.78, 5) is 29.9. The molecular formula is C20H36ClN3O3. The van der Waals surface area contributed by atoms with E-state index in [1.54, 1.807) is 7.11 Å². The van der Waals surface area contributed by atoms with Gasteiger partial charge in [-0.05, 0) is 51.1 Å². The van der Waals surface area contributed by atoms with Gasteiger partial charge in [-0.2, -0.15) is 0 Å². The van der Waals surface area contributed by atoms with E-state index in [-0.39, 0.29) is 23.7 Å². The summed E-state index contributed by atoms with van der Waals surface area (Å²) < 4.78 is 5.42. The summed E-state index contributed by atoms with van der Waals surface area (Å²) in [6, 6.07) is 0. The molecule has 2 aliphatic heterocycles. The molecule has 2 heterocycles. The molecule has 0 aromatic carbocycles. The summed E-state index contributed by atoms with van der Waals surface area (Å²) in [7, 11) is 1.68. The molecule has 1 aliphatic carbocycles. The van der Waals surface area contributed by atoms with Crippen LogP contribution >= 0.6 is 12.4 Å². The third-order valence-corrected chi connectivity index (χ3v) is 6.51. The minimum atomic E-state index is -0.386. The molecule has 7 heteroatoms. The summed E-state index contributed by atoms with van der Waals surface area (Å²) in [6.07, 6.45) is 8.21. The van der Waals surface area contributed by atoms with Crippen LogP contribution in [0.5, 0.6) is 0 Å². The monoisotopic (exact) mass is 401 g/mol. The summed E-state index contributed by atoms with van der Waals surface area (Å²) >= 11 is 0. The zero-order valence-electron chi connectivity index (χ0n) is 16.7. The molecule has 3 fully saturated rings. The zero-order valence-corrected chi connectivity index (χ0v) is 17.5. The third kappa shape index (κ3) is 5.58. The number of nitrogens with zero attached hydrogens (tertiary/aromatic N) is 2. The molecule has 0 bridgehead atoms. The highest BCUT2D eigenvalue weighted by atomic mass is 35.5. The number of hydrogen-bond acceptors (Lipinski definition) is 4. The molecule has 0 aromatic rings. The van der Waals surface area contributed by atoms with Gasteiger partial charge in [0.1, 0.15) is 0 Å². The molecule has 2 saturated heterocycles. The van der Waals surface area contributed by atoms with E-state index in [0.29, 0.717) is 37.9 Å². The number of rotatable bonds is 5. The summed E-state index contributed by atoms with van der Waals surface area (Å²) in [5.74, 6) is 1.11. The van der Waals surface area contributed by atoms with Gasteiger partial charge in [-0.1, -0.05) is 12.8 Å². The molecule has 0 spiro atoms. The van der Waals surface area contributed by atoms with E-state index in [2.05, 4.69) is 5.32 Å². The van der Waals surface area contributed by atoms with Crippen LogP contribution in [0.3, 0.4) is 0 Å². The van der Waals surface area contributed by atoms with Gasteiger partial charge in [0.25, 0.3) is 0 Å². The van der Waals surface area contributed by atoms with E-state index in [1.165, 1.54) is 25.7 Å². The molecule has 0 radical (unpaired) electrons. The Labute approximate surface area is 169 Å². The average Bonchev–Trinajstić information content (AvgIpc) is 3.03. The minimum Gasteiger partial charge on any atom is -0.384 e. The number of piperidine rings is 1. The van der Waals surface area contributed by atoms with Crippen molar-refractivity contribution in [2.75, 3.05) is 53.0 Å². The summed E-state index contributed by atoms with van der Waals surface area (Å²) in [5.41, 5.74) is -0.386. The van der Waals surface area contributed by atoms with Crippen molar-refractivity contribution in [2.24, 2.45) is 11.3 Å². The summed E-state index contributed by atoms with van der Waals surface area (Å²) in [6.45, 7) is 5.12. The van der Waals surface area contributed by atoms with E-state index in [0.717, 1.165) is 45.4 Å². The zero-order chi connectivity index (χ0) is 18.4. The maximum atomic E-state index is 13.3. The van der Waals surface area contributed by atoms with Gasteiger partial charge in [-0.25, -0.2) is 0 Å². The lowest BCUT2D eigenvalue weighted by atomic mass is 9.78. The smallest absolute Gasteiger partial charge is 0.231 e. The van der Waals surface area contributed by atoms with Gasteiger partial charge in [0, 0.05) is 39.7 Å². The maximum Gasteiger partial charge on any atom is 0.231 e. The highest BCUT2D eigenvalue weighted by molar-refractivity contribution is 5.85. The van der Waals surface area contributed by atoms with Crippen molar-refractivity contribution >= 4 is 24.2 Å². The van der Waals surface area contributed by atoms with Gasteiger partial charge >= 0.3 is 0 Å². The number of methoxy groups -OCH3 is 1. The van der Waals surface area contributed by atoms with Crippen molar-refractivity contribution in [3.8, 4) is 0 Å². The van der Waals surface area contributed by atoms with Crippen LogP contribution in [-0.2, 0) is 14.3 Å². The lowest BCUT2D eigenvalue weighted by Gasteiger charge is -2.39. The molecule has 3 aliphatic rings. The van der Waals surface area contributed by atoms with Gasteiger partial charge in [0.2, 0.25) is 11.8 Å². The second kappa shape index (κ2) is 10.6. The van der Waals surface area contributed by atoms with E-state index in [4.69, 9.17) is 4.74 Å². The standard InChI is InChI=1S/C20H35N3O3.ClH/c1-26-16-20(7-9-21-10-8-20)19(25)23-12-4-11-22(13-14-23)18(24)15-17-5-2-3-6-17;/h17,21H,2-16H2,1H3;1H. The number of carbonyl (C=O) groups is 2. The lowest BCUT2D eigenvalue weighted by molar-refractivity contribution is -0.147. The first-order valence-electron chi connectivity index (χ1n) is 10.4. The number of halogens is 1. The second-order valence-electron chi connectivity index (χ2n) is 8.34. The van der Waals surface area contributed by atoms with Crippen LogP contribution in [-0.4, -0.2) is 74.6 Å². The molecule has 156 valence electrons. The van der Waals surface area contributed by atoms with E-state index >= 15 is 0 Å². The van der Waals surface area contributed by atoms with E-state index < -0.39 is 0 Å². The van der Waals surface area contributed by atoms with Crippen LogP contribution in [0.2, 0.25) is 0 Å². The van der Waals surface area contributed by atoms with Crippen molar-refractivity contribution < 1.29 is 14.3 Å². The molecule has 3 rings (SSSR count). The van der Waals surface area contributed by atoms with Crippen LogP contribution in [0.25, 0.3) is 0 Å². The highest BCUT2D eigenvalue weighted by Gasteiger charge is 2.42. The molecule has 1 N–H and O–H groups in total.